The molecule has 0 spiro atoms. The van der Waals surface area contributed by atoms with Gasteiger partial charge in [-0.3, -0.25) is 0 Å². The molecule has 0 unspecified atom stereocenters. The Kier molecular flexibility index (Phi) is 6.46. The number of hydrogen-bond donors (Lipinski definition) is 1. The van der Waals surface area contributed by atoms with Crippen molar-refractivity contribution >= 4 is 18.2 Å². The summed E-state index contributed by atoms with van der Waals surface area (Å²) in [6.07, 6.45) is -1.06. The molecule has 7 heteroatoms. The second-order valence-electron chi connectivity index (χ2n) is 7.90. The molecule has 1 N–H and O–H groups in total. The van der Waals surface area contributed by atoms with Gasteiger partial charge in [0.15, 0.2) is 0 Å². The van der Waals surface area contributed by atoms with Crippen molar-refractivity contribution in [2.45, 2.75) is 65.2 Å². The van der Waals surface area contributed by atoms with Gasteiger partial charge in [-0.2, -0.15) is 0 Å². The average Bonchev–Trinajstić information content (AvgIpc) is 2.93. The minimum absolute atomic E-state index is 0.241. The fraction of sp³-hybridized carbons (Fsp3) is 0.550. The van der Waals surface area contributed by atoms with E-state index in [4.69, 9.17) is 14.2 Å². The van der Waals surface area contributed by atoms with Crippen LogP contribution >= 0.6 is 0 Å². The van der Waals surface area contributed by atoms with Crippen LogP contribution in [0.3, 0.4) is 0 Å². The largest absolute Gasteiger partial charge is 0.516 e. The highest BCUT2D eigenvalue weighted by Crippen LogP contribution is 2.29. The fourth-order valence-corrected chi connectivity index (χ4v) is 2.99. The predicted octanol–water partition coefficient (Wildman–Crippen LogP) is 3.38. The lowest BCUT2D eigenvalue weighted by Gasteiger charge is -2.25. The van der Waals surface area contributed by atoms with Gasteiger partial charge < -0.3 is 19.5 Å². The third-order valence-electron chi connectivity index (χ3n) is 4.00. The second kappa shape index (κ2) is 8.41. The van der Waals surface area contributed by atoms with E-state index in [0.29, 0.717) is 12.8 Å². The van der Waals surface area contributed by atoms with Crippen molar-refractivity contribution < 1.29 is 28.6 Å². The first-order valence-electron chi connectivity index (χ1n) is 9.04. The van der Waals surface area contributed by atoms with Gasteiger partial charge in [0.1, 0.15) is 11.6 Å². The molecule has 7 nitrogen and oxygen atoms in total. The summed E-state index contributed by atoms with van der Waals surface area (Å²) >= 11 is 0. The van der Waals surface area contributed by atoms with Crippen molar-refractivity contribution in [3.63, 3.8) is 0 Å². The lowest BCUT2D eigenvalue weighted by Crippen LogP contribution is -2.49. The number of carbonyl (C=O) groups excluding carboxylic acids is 3. The predicted molar refractivity (Wildman–Crippen MR) is 98.2 cm³/mol. The summed E-state index contributed by atoms with van der Waals surface area (Å²) in [5.74, 6) is -1.10. The molecule has 1 aromatic carbocycles. The van der Waals surface area contributed by atoms with E-state index in [2.05, 4.69) is 5.32 Å². The van der Waals surface area contributed by atoms with Crippen molar-refractivity contribution in [2.24, 2.45) is 5.92 Å². The van der Waals surface area contributed by atoms with Gasteiger partial charge in [-0.25, -0.2) is 14.4 Å². The van der Waals surface area contributed by atoms with Crippen molar-refractivity contribution in [1.82, 2.24) is 5.32 Å². The normalized spacial score (nSPS) is 15.0. The Morgan fingerprint density at radius 2 is 1.63 bits per heavy atom. The average molecular weight is 377 g/mol. The molecule has 0 saturated heterocycles. The Morgan fingerprint density at radius 1 is 1.07 bits per heavy atom. The first-order chi connectivity index (χ1) is 12.5. The smallest absolute Gasteiger partial charge is 0.444 e. The minimum atomic E-state index is -1.08. The molecule has 0 heterocycles. The van der Waals surface area contributed by atoms with E-state index in [9.17, 15) is 14.4 Å². The molecular formula is C20H27NO6. The summed E-state index contributed by atoms with van der Waals surface area (Å²) in [4.78, 5) is 36.5. The SMILES string of the molecule is CC(C)OC(=O)OC(=O)[C@H](NC(=O)OC(C)(C)C)C1Cc2ccccc2C1. The number of amides is 1. The molecule has 0 aromatic heterocycles. The van der Waals surface area contributed by atoms with Gasteiger partial charge in [0, 0.05) is 0 Å². The van der Waals surface area contributed by atoms with Gasteiger partial charge in [-0.1, -0.05) is 24.3 Å². The van der Waals surface area contributed by atoms with Crippen LogP contribution in [0.4, 0.5) is 9.59 Å². The van der Waals surface area contributed by atoms with E-state index in [0.717, 1.165) is 11.1 Å². The number of hydrogen-bond acceptors (Lipinski definition) is 6. The van der Waals surface area contributed by atoms with Gasteiger partial charge in [0.25, 0.3) is 0 Å². The van der Waals surface area contributed by atoms with Crippen molar-refractivity contribution in [3.05, 3.63) is 35.4 Å². The van der Waals surface area contributed by atoms with Crippen LogP contribution in [0.25, 0.3) is 0 Å². The van der Waals surface area contributed by atoms with Gasteiger partial charge >= 0.3 is 18.2 Å². The van der Waals surface area contributed by atoms with Gasteiger partial charge in [-0.15, -0.1) is 0 Å². The maximum Gasteiger partial charge on any atom is 0.516 e. The molecule has 0 fully saturated rings. The third-order valence-corrected chi connectivity index (χ3v) is 4.00. The number of alkyl carbamates (subject to hydrolysis) is 1. The van der Waals surface area contributed by atoms with Crippen LogP contribution in [-0.2, 0) is 31.8 Å². The molecule has 0 aliphatic heterocycles. The Morgan fingerprint density at radius 3 is 2.11 bits per heavy atom. The molecule has 1 aliphatic rings. The van der Waals surface area contributed by atoms with E-state index >= 15 is 0 Å². The first kappa shape index (κ1) is 20.7. The fourth-order valence-electron chi connectivity index (χ4n) is 2.99. The molecule has 0 radical (unpaired) electrons. The summed E-state index contributed by atoms with van der Waals surface area (Å²) in [5.41, 5.74) is 1.50. The van der Waals surface area contributed by atoms with Gasteiger partial charge in [0.2, 0.25) is 0 Å². The van der Waals surface area contributed by atoms with E-state index < -0.39 is 36.0 Å². The Balaban J connectivity index is 2.12. The van der Waals surface area contributed by atoms with Crippen LogP contribution in [0, 0.1) is 5.92 Å². The molecule has 1 aliphatic carbocycles. The van der Waals surface area contributed by atoms with E-state index in [1.54, 1.807) is 34.6 Å². The second-order valence-corrected chi connectivity index (χ2v) is 7.90. The summed E-state index contributed by atoms with van der Waals surface area (Å²) < 4.78 is 14.9. The highest BCUT2D eigenvalue weighted by Gasteiger charge is 2.37. The standard InChI is InChI=1S/C20H27NO6/c1-12(2)25-19(24)26-17(22)16(21-18(23)27-20(3,4)5)15-10-13-8-6-7-9-14(13)11-15/h6-9,12,15-16H,10-11H2,1-5H3,(H,21,23)/t16-/m1/s1. The van der Waals surface area contributed by atoms with Gasteiger partial charge in [0.05, 0.1) is 6.10 Å². The Bertz CT molecular complexity index is 682. The summed E-state index contributed by atoms with van der Waals surface area (Å²) in [6, 6.07) is 6.80. The zero-order valence-electron chi connectivity index (χ0n) is 16.4. The maximum absolute atomic E-state index is 12.6. The lowest BCUT2D eigenvalue weighted by atomic mass is 9.96. The quantitative estimate of drug-likeness (QED) is 0.639. The first-order valence-corrected chi connectivity index (χ1v) is 9.04. The van der Waals surface area contributed by atoms with Crippen LogP contribution in [0.2, 0.25) is 0 Å². The Hall–Kier alpha value is -2.57. The Labute approximate surface area is 159 Å². The molecule has 148 valence electrons. The van der Waals surface area contributed by atoms with Crippen molar-refractivity contribution in [3.8, 4) is 0 Å². The number of esters is 1. The van der Waals surface area contributed by atoms with Crippen molar-refractivity contribution in [1.29, 1.82) is 0 Å². The highest BCUT2D eigenvalue weighted by atomic mass is 16.7. The molecule has 27 heavy (non-hydrogen) atoms. The van der Waals surface area contributed by atoms with E-state index in [1.165, 1.54) is 0 Å². The molecule has 0 bridgehead atoms. The number of fused-ring (bicyclic) bond motifs is 1. The lowest BCUT2D eigenvalue weighted by molar-refractivity contribution is -0.144. The number of rotatable bonds is 4. The third kappa shape index (κ3) is 6.27. The van der Waals surface area contributed by atoms with Crippen LogP contribution in [0.5, 0.6) is 0 Å². The number of nitrogens with one attached hydrogen (secondary N) is 1. The topological polar surface area (TPSA) is 90.9 Å². The maximum atomic E-state index is 12.6. The molecule has 1 atom stereocenters. The number of benzene rings is 1. The van der Waals surface area contributed by atoms with Crippen LogP contribution < -0.4 is 5.32 Å². The highest BCUT2D eigenvalue weighted by molar-refractivity contribution is 5.88. The molecule has 1 aromatic rings. The zero-order chi connectivity index (χ0) is 20.2. The summed E-state index contributed by atoms with van der Waals surface area (Å²) in [6.45, 7) is 8.48. The molecule has 1 amide bonds. The van der Waals surface area contributed by atoms with E-state index in [1.807, 2.05) is 24.3 Å². The van der Waals surface area contributed by atoms with Crippen LogP contribution in [0.15, 0.2) is 24.3 Å². The summed E-state index contributed by atoms with van der Waals surface area (Å²) in [5, 5.41) is 2.57. The molecular weight excluding hydrogens is 350 g/mol. The number of carbonyl (C=O) groups is 3. The van der Waals surface area contributed by atoms with E-state index in [-0.39, 0.29) is 5.92 Å². The monoisotopic (exact) mass is 377 g/mol. The number of ether oxygens (including phenoxy) is 3. The minimum Gasteiger partial charge on any atom is -0.444 e. The van der Waals surface area contributed by atoms with Crippen molar-refractivity contribution in [2.75, 3.05) is 0 Å². The molecule has 2 rings (SSSR count). The van der Waals surface area contributed by atoms with Crippen LogP contribution in [0.1, 0.15) is 45.7 Å². The zero-order valence-corrected chi connectivity index (χ0v) is 16.4. The van der Waals surface area contributed by atoms with Gasteiger partial charge in [-0.05, 0) is 64.5 Å². The summed E-state index contributed by atoms with van der Waals surface area (Å²) in [7, 11) is 0. The molecule has 0 saturated carbocycles. The van der Waals surface area contributed by atoms with Crippen LogP contribution in [-0.4, -0.2) is 36.0 Å².